The number of benzene rings is 2. The van der Waals surface area contributed by atoms with Crippen molar-refractivity contribution in [2.75, 3.05) is 5.73 Å². The molecule has 0 radical (unpaired) electrons. The molecular weight excluding hydrogens is 234 g/mol. The molecule has 3 N–H and O–H groups in total. The number of nitrogen functional groups attached to an aromatic ring is 1. The molecule has 0 atom stereocenters. The molecule has 2 aromatic carbocycles. The first-order valence-corrected chi connectivity index (χ1v) is 6.26. The highest BCUT2D eigenvalue weighted by Gasteiger charge is 2.08. The van der Waals surface area contributed by atoms with Gasteiger partial charge in [-0.25, -0.2) is 0 Å². The lowest BCUT2D eigenvalue weighted by Crippen LogP contribution is -1.96. The highest BCUT2D eigenvalue weighted by Crippen LogP contribution is 2.30. The molecule has 4 rings (SSSR count). The van der Waals surface area contributed by atoms with E-state index >= 15 is 0 Å². The van der Waals surface area contributed by atoms with E-state index in [0.29, 0.717) is 0 Å². The van der Waals surface area contributed by atoms with E-state index in [1.165, 1.54) is 10.8 Å². The van der Waals surface area contributed by atoms with Crippen LogP contribution in [0.15, 0.2) is 60.9 Å². The van der Waals surface area contributed by atoms with Crippen LogP contribution >= 0.6 is 0 Å². The number of aromatic amines is 1. The molecule has 92 valence electrons. The van der Waals surface area contributed by atoms with E-state index in [2.05, 4.69) is 29.2 Å². The van der Waals surface area contributed by atoms with Gasteiger partial charge >= 0.3 is 0 Å². The SMILES string of the molecule is Nc1cc2[nH]c3ccccc3c2cc1-n1cccc1. The van der Waals surface area contributed by atoms with Crippen LogP contribution in [0.1, 0.15) is 0 Å². The Bertz CT molecular complexity index is 870. The average molecular weight is 247 g/mol. The summed E-state index contributed by atoms with van der Waals surface area (Å²) in [6.07, 6.45) is 4.01. The van der Waals surface area contributed by atoms with Gasteiger partial charge in [0.2, 0.25) is 0 Å². The van der Waals surface area contributed by atoms with Gasteiger partial charge in [-0.05, 0) is 30.3 Å². The molecule has 2 heterocycles. The highest BCUT2D eigenvalue weighted by atomic mass is 15.0. The first-order chi connectivity index (χ1) is 9.33. The van der Waals surface area contributed by atoms with E-state index in [9.17, 15) is 0 Å². The van der Waals surface area contributed by atoms with Crippen molar-refractivity contribution in [3.63, 3.8) is 0 Å². The molecule has 0 aliphatic carbocycles. The largest absolute Gasteiger partial charge is 0.397 e. The van der Waals surface area contributed by atoms with Crippen LogP contribution in [-0.4, -0.2) is 9.55 Å². The van der Waals surface area contributed by atoms with Crippen LogP contribution in [0.4, 0.5) is 5.69 Å². The molecule has 2 aromatic heterocycles. The Morgan fingerprint density at radius 2 is 1.63 bits per heavy atom. The van der Waals surface area contributed by atoms with Crippen LogP contribution in [0.5, 0.6) is 0 Å². The van der Waals surface area contributed by atoms with E-state index in [0.717, 1.165) is 22.4 Å². The molecule has 0 amide bonds. The number of H-pyrrole nitrogens is 1. The molecule has 3 nitrogen and oxygen atoms in total. The Hall–Kier alpha value is -2.68. The fraction of sp³-hybridized carbons (Fsp3) is 0. The normalized spacial score (nSPS) is 11.4. The molecular formula is C16H13N3. The van der Waals surface area contributed by atoms with Crippen LogP contribution in [0.3, 0.4) is 0 Å². The van der Waals surface area contributed by atoms with Gasteiger partial charge < -0.3 is 15.3 Å². The van der Waals surface area contributed by atoms with Gasteiger partial charge in [0.05, 0.1) is 11.4 Å². The number of para-hydroxylation sites is 1. The fourth-order valence-corrected chi connectivity index (χ4v) is 2.62. The van der Waals surface area contributed by atoms with Gasteiger partial charge in [-0.2, -0.15) is 0 Å². The van der Waals surface area contributed by atoms with Gasteiger partial charge in [-0.3, -0.25) is 0 Å². The predicted octanol–water partition coefficient (Wildman–Crippen LogP) is 3.69. The van der Waals surface area contributed by atoms with E-state index in [1.54, 1.807) is 0 Å². The number of hydrogen-bond acceptors (Lipinski definition) is 1. The summed E-state index contributed by atoms with van der Waals surface area (Å²) in [5.41, 5.74) is 10.2. The van der Waals surface area contributed by atoms with Crippen molar-refractivity contribution in [2.45, 2.75) is 0 Å². The summed E-state index contributed by atoms with van der Waals surface area (Å²) in [5.74, 6) is 0. The minimum atomic E-state index is 0.773. The Balaban J connectivity index is 2.11. The summed E-state index contributed by atoms with van der Waals surface area (Å²) >= 11 is 0. The lowest BCUT2D eigenvalue weighted by Gasteiger charge is -2.07. The van der Waals surface area contributed by atoms with Crippen molar-refractivity contribution in [2.24, 2.45) is 0 Å². The van der Waals surface area contributed by atoms with Crippen molar-refractivity contribution in [3.05, 3.63) is 60.9 Å². The highest BCUT2D eigenvalue weighted by molar-refractivity contribution is 6.09. The molecule has 0 aliphatic rings. The first kappa shape index (κ1) is 10.3. The second-order valence-electron chi connectivity index (χ2n) is 4.72. The van der Waals surface area contributed by atoms with Gasteiger partial charge in [-0.1, -0.05) is 18.2 Å². The molecule has 0 unspecified atom stereocenters. The lowest BCUT2D eigenvalue weighted by atomic mass is 10.1. The third-order valence-corrected chi connectivity index (χ3v) is 3.54. The maximum absolute atomic E-state index is 6.16. The number of nitrogens with two attached hydrogens (primary N) is 1. The summed E-state index contributed by atoms with van der Waals surface area (Å²) in [6, 6.07) is 16.5. The predicted molar refractivity (Wildman–Crippen MR) is 79.5 cm³/mol. The van der Waals surface area contributed by atoms with Crippen molar-refractivity contribution < 1.29 is 0 Å². The first-order valence-electron chi connectivity index (χ1n) is 6.26. The summed E-state index contributed by atoms with van der Waals surface area (Å²) in [6.45, 7) is 0. The molecule has 0 saturated carbocycles. The second-order valence-corrected chi connectivity index (χ2v) is 4.72. The molecule has 0 saturated heterocycles. The smallest absolute Gasteiger partial charge is 0.0688 e. The van der Waals surface area contributed by atoms with Crippen LogP contribution in [0.25, 0.3) is 27.5 Å². The molecule has 4 aromatic rings. The third kappa shape index (κ3) is 1.45. The van der Waals surface area contributed by atoms with Crippen molar-refractivity contribution in [3.8, 4) is 5.69 Å². The Kier molecular flexibility index (Phi) is 1.97. The summed E-state index contributed by atoms with van der Waals surface area (Å²) < 4.78 is 2.04. The van der Waals surface area contributed by atoms with Gasteiger partial charge in [-0.15, -0.1) is 0 Å². The number of hydrogen-bond donors (Lipinski definition) is 2. The Morgan fingerprint density at radius 3 is 2.47 bits per heavy atom. The van der Waals surface area contributed by atoms with E-state index in [-0.39, 0.29) is 0 Å². The zero-order chi connectivity index (χ0) is 12.8. The number of aromatic nitrogens is 2. The Labute approximate surface area is 110 Å². The van der Waals surface area contributed by atoms with Crippen LogP contribution in [0, 0.1) is 0 Å². The quantitative estimate of drug-likeness (QED) is 0.495. The minimum Gasteiger partial charge on any atom is -0.397 e. The fourth-order valence-electron chi connectivity index (χ4n) is 2.62. The van der Waals surface area contributed by atoms with E-state index in [4.69, 9.17) is 5.73 Å². The van der Waals surface area contributed by atoms with Gasteiger partial charge in [0, 0.05) is 34.2 Å². The summed E-state index contributed by atoms with van der Waals surface area (Å²) in [7, 11) is 0. The summed E-state index contributed by atoms with van der Waals surface area (Å²) in [4.78, 5) is 3.40. The number of fused-ring (bicyclic) bond motifs is 3. The minimum absolute atomic E-state index is 0.773. The van der Waals surface area contributed by atoms with E-state index < -0.39 is 0 Å². The van der Waals surface area contributed by atoms with E-state index in [1.807, 2.05) is 41.2 Å². The number of nitrogens with zero attached hydrogens (tertiary/aromatic N) is 1. The average Bonchev–Trinajstić information content (AvgIpc) is 3.04. The van der Waals surface area contributed by atoms with Crippen LogP contribution in [0.2, 0.25) is 0 Å². The molecule has 0 aliphatic heterocycles. The second kappa shape index (κ2) is 3.65. The zero-order valence-electron chi connectivity index (χ0n) is 10.3. The van der Waals surface area contributed by atoms with Crippen LogP contribution < -0.4 is 5.73 Å². The Morgan fingerprint density at radius 1 is 0.842 bits per heavy atom. The standard InChI is InChI=1S/C16H13N3/c17-13-10-15-12(9-16(13)19-7-3-4-8-19)11-5-1-2-6-14(11)18-15/h1-10,18H,17H2. The van der Waals surface area contributed by atoms with Gasteiger partial charge in [0.15, 0.2) is 0 Å². The molecule has 0 spiro atoms. The maximum Gasteiger partial charge on any atom is 0.0688 e. The maximum atomic E-state index is 6.16. The number of anilines is 1. The number of nitrogens with one attached hydrogen (secondary N) is 1. The van der Waals surface area contributed by atoms with Gasteiger partial charge in [0.1, 0.15) is 0 Å². The van der Waals surface area contributed by atoms with Gasteiger partial charge in [0.25, 0.3) is 0 Å². The number of rotatable bonds is 1. The van der Waals surface area contributed by atoms with Crippen molar-refractivity contribution in [1.29, 1.82) is 0 Å². The molecule has 3 heteroatoms. The van der Waals surface area contributed by atoms with Crippen molar-refractivity contribution >= 4 is 27.5 Å². The summed E-state index contributed by atoms with van der Waals surface area (Å²) in [5, 5.41) is 2.43. The molecule has 19 heavy (non-hydrogen) atoms. The monoisotopic (exact) mass is 247 g/mol. The molecule has 0 fully saturated rings. The van der Waals surface area contributed by atoms with Crippen molar-refractivity contribution in [1.82, 2.24) is 9.55 Å². The third-order valence-electron chi connectivity index (χ3n) is 3.54. The van der Waals surface area contributed by atoms with Crippen LogP contribution in [-0.2, 0) is 0 Å². The topological polar surface area (TPSA) is 46.7 Å². The lowest BCUT2D eigenvalue weighted by molar-refractivity contribution is 1.09. The molecule has 0 bridgehead atoms. The zero-order valence-corrected chi connectivity index (χ0v) is 10.3.